The lowest BCUT2D eigenvalue weighted by Gasteiger charge is -2.18. The number of rotatable bonds is 9. The summed E-state index contributed by atoms with van der Waals surface area (Å²) in [6, 6.07) is 4.84. The molecule has 1 rings (SSSR count). The molecule has 6 heteroatoms. The SMILES string of the molecule is CN[C@@H](CC(C)C)C(=O)Nc1ccc(OCC[NH3+])c(C(C)=O)c1. The van der Waals surface area contributed by atoms with Gasteiger partial charge in [0.25, 0.3) is 0 Å². The van der Waals surface area contributed by atoms with E-state index in [9.17, 15) is 9.59 Å². The highest BCUT2D eigenvalue weighted by Gasteiger charge is 2.18. The first-order valence-electron chi connectivity index (χ1n) is 7.94. The van der Waals surface area contributed by atoms with Gasteiger partial charge in [-0.1, -0.05) is 13.8 Å². The van der Waals surface area contributed by atoms with Gasteiger partial charge in [0.2, 0.25) is 5.91 Å². The average molecular weight is 322 g/mol. The molecule has 1 aromatic carbocycles. The van der Waals surface area contributed by atoms with Crippen molar-refractivity contribution in [3.8, 4) is 5.75 Å². The summed E-state index contributed by atoms with van der Waals surface area (Å²) in [4.78, 5) is 24.1. The van der Waals surface area contributed by atoms with Gasteiger partial charge >= 0.3 is 0 Å². The Bertz CT molecular complexity index is 544. The van der Waals surface area contributed by atoms with Gasteiger partial charge in [-0.15, -0.1) is 0 Å². The van der Waals surface area contributed by atoms with Crippen LogP contribution in [0.5, 0.6) is 5.75 Å². The first-order chi connectivity index (χ1) is 10.9. The molecule has 128 valence electrons. The largest absolute Gasteiger partial charge is 0.487 e. The van der Waals surface area contributed by atoms with Gasteiger partial charge in [-0.2, -0.15) is 0 Å². The maximum Gasteiger partial charge on any atom is 0.241 e. The summed E-state index contributed by atoms with van der Waals surface area (Å²) in [7, 11) is 1.77. The second-order valence-electron chi connectivity index (χ2n) is 5.93. The predicted molar refractivity (Wildman–Crippen MR) is 90.6 cm³/mol. The number of likely N-dealkylation sites (N-methyl/N-ethyl adjacent to an activating group) is 1. The van der Waals surface area contributed by atoms with Crippen molar-refractivity contribution in [2.24, 2.45) is 5.92 Å². The second-order valence-corrected chi connectivity index (χ2v) is 5.93. The Morgan fingerprint density at radius 1 is 1.30 bits per heavy atom. The van der Waals surface area contributed by atoms with Crippen LogP contribution in [0.25, 0.3) is 0 Å². The lowest BCUT2D eigenvalue weighted by Crippen LogP contribution is -2.52. The van der Waals surface area contributed by atoms with Crippen molar-refractivity contribution in [2.45, 2.75) is 33.2 Å². The number of anilines is 1. The molecule has 0 saturated heterocycles. The molecule has 0 saturated carbocycles. The van der Waals surface area contributed by atoms with E-state index in [2.05, 4.69) is 30.2 Å². The van der Waals surface area contributed by atoms with Crippen molar-refractivity contribution in [2.75, 3.05) is 25.5 Å². The van der Waals surface area contributed by atoms with Crippen molar-refractivity contribution in [3.05, 3.63) is 23.8 Å². The fraction of sp³-hybridized carbons (Fsp3) is 0.529. The summed E-state index contributed by atoms with van der Waals surface area (Å²) in [5, 5.41) is 5.87. The molecule has 0 aliphatic rings. The van der Waals surface area contributed by atoms with Gasteiger partial charge in [-0.3, -0.25) is 9.59 Å². The molecule has 0 unspecified atom stereocenters. The highest BCUT2D eigenvalue weighted by atomic mass is 16.5. The van der Waals surface area contributed by atoms with Gasteiger partial charge in [-0.25, -0.2) is 0 Å². The molecule has 1 amide bonds. The Hall–Kier alpha value is -1.92. The van der Waals surface area contributed by atoms with Gasteiger partial charge in [0.1, 0.15) is 18.9 Å². The molecule has 6 nitrogen and oxygen atoms in total. The third kappa shape index (κ3) is 6.00. The van der Waals surface area contributed by atoms with Gasteiger partial charge in [0, 0.05) is 5.69 Å². The number of carbonyl (C=O) groups is 2. The topological polar surface area (TPSA) is 95.1 Å². The summed E-state index contributed by atoms with van der Waals surface area (Å²) in [5.41, 5.74) is 4.76. The Morgan fingerprint density at radius 3 is 2.52 bits per heavy atom. The van der Waals surface area contributed by atoms with Crippen molar-refractivity contribution in [1.82, 2.24) is 5.32 Å². The number of ketones is 1. The Labute approximate surface area is 137 Å². The number of carbonyl (C=O) groups excluding carboxylic acids is 2. The molecule has 0 aliphatic heterocycles. The summed E-state index contributed by atoms with van der Waals surface area (Å²) in [5.74, 6) is 0.713. The smallest absolute Gasteiger partial charge is 0.241 e. The molecule has 0 radical (unpaired) electrons. The number of nitrogens with one attached hydrogen (secondary N) is 2. The van der Waals surface area contributed by atoms with Crippen LogP contribution in [0.1, 0.15) is 37.6 Å². The Balaban J connectivity index is 2.90. The number of amides is 1. The fourth-order valence-corrected chi connectivity index (χ4v) is 2.25. The molecule has 0 fully saturated rings. The van der Waals surface area contributed by atoms with E-state index in [1.807, 2.05) is 0 Å². The zero-order chi connectivity index (χ0) is 17.4. The molecule has 23 heavy (non-hydrogen) atoms. The summed E-state index contributed by atoms with van der Waals surface area (Å²) >= 11 is 0. The maximum atomic E-state index is 12.3. The minimum atomic E-state index is -0.266. The maximum absolute atomic E-state index is 12.3. The Kier molecular flexibility index (Phi) is 7.71. The van der Waals surface area contributed by atoms with E-state index in [0.29, 0.717) is 36.1 Å². The number of Topliss-reactive ketones (excluding diaryl/α,β-unsaturated/α-hetero) is 1. The zero-order valence-corrected chi connectivity index (χ0v) is 14.4. The van der Waals surface area contributed by atoms with E-state index in [1.54, 1.807) is 25.2 Å². The summed E-state index contributed by atoms with van der Waals surface area (Å²) in [6.07, 6.45) is 0.743. The van der Waals surface area contributed by atoms with Crippen LogP contribution in [0, 0.1) is 5.92 Å². The van der Waals surface area contributed by atoms with E-state index >= 15 is 0 Å². The molecule has 0 aliphatic carbocycles. The molecule has 0 heterocycles. The van der Waals surface area contributed by atoms with E-state index in [0.717, 1.165) is 6.42 Å². The van der Waals surface area contributed by atoms with Crippen LogP contribution in [0.2, 0.25) is 0 Å². The van der Waals surface area contributed by atoms with Crippen LogP contribution in [0.3, 0.4) is 0 Å². The van der Waals surface area contributed by atoms with E-state index in [-0.39, 0.29) is 17.7 Å². The lowest BCUT2D eigenvalue weighted by molar-refractivity contribution is -0.370. The van der Waals surface area contributed by atoms with E-state index in [1.165, 1.54) is 6.92 Å². The van der Waals surface area contributed by atoms with Crippen molar-refractivity contribution in [3.63, 3.8) is 0 Å². The number of benzene rings is 1. The summed E-state index contributed by atoms with van der Waals surface area (Å²) in [6.45, 7) is 6.69. The normalized spacial score (nSPS) is 12.1. The molecule has 0 spiro atoms. The predicted octanol–water partition coefficient (Wildman–Crippen LogP) is 1.08. The van der Waals surface area contributed by atoms with Crippen LogP contribution >= 0.6 is 0 Å². The van der Waals surface area contributed by atoms with Crippen LogP contribution in [0.4, 0.5) is 5.69 Å². The number of ether oxygens (including phenoxy) is 1. The van der Waals surface area contributed by atoms with Crippen LogP contribution in [-0.2, 0) is 4.79 Å². The van der Waals surface area contributed by atoms with Gasteiger partial charge in [-0.05, 0) is 44.5 Å². The van der Waals surface area contributed by atoms with Crippen molar-refractivity contribution < 1.29 is 20.1 Å². The fourth-order valence-electron chi connectivity index (χ4n) is 2.25. The first kappa shape index (κ1) is 19.1. The van der Waals surface area contributed by atoms with Crippen molar-refractivity contribution >= 4 is 17.4 Å². The number of hydrogen-bond acceptors (Lipinski definition) is 4. The van der Waals surface area contributed by atoms with E-state index < -0.39 is 0 Å². The monoisotopic (exact) mass is 322 g/mol. The number of quaternary nitrogens is 1. The summed E-state index contributed by atoms with van der Waals surface area (Å²) < 4.78 is 5.52. The molecule has 5 N–H and O–H groups in total. The van der Waals surface area contributed by atoms with Gasteiger partial charge in [0.05, 0.1) is 11.6 Å². The molecular weight excluding hydrogens is 294 g/mol. The van der Waals surface area contributed by atoms with Crippen LogP contribution in [-0.4, -0.2) is 37.9 Å². The number of hydrogen-bond donors (Lipinski definition) is 3. The van der Waals surface area contributed by atoms with Crippen LogP contribution in [0.15, 0.2) is 18.2 Å². The highest BCUT2D eigenvalue weighted by molar-refractivity contribution is 6.00. The van der Waals surface area contributed by atoms with Gasteiger partial charge in [0.15, 0.2) is 5.78 Å². The molecule has 0 aromatic heterocycles. The second kappa shape index (κ2) is 9.27. The molecule has 1 atom stereocenters. The third-order valence-electron chi connectivity index (χ3n) is 3.40. The zero-order valence-electron chi connectivity index (χ0n) is 14.4. The molecule has 1 aromatic rings. The minimum absolute atomic E-state index is 0.104. The first-order valence-corrected chi connectivity index (χ1v) is 7.94. The van der Waals surface area contributed by atoms with Gasteiger partial charge < -0.3 is 21.1 Å². The van der Waals surface area contributed by atoms with E-state index in [4.69, 9.17) is 4.74 Å². The minimum Gasteiger partial charge on any atom is -0.487 e. The quantitative estimate of drug-likeness (QED) is 0.593. The average Bonchev–Trinajstić information content (AvgIpc) is 2.50. The van der Waals surface area contributed by atoms with Crippen LogP contribution < -0.4 is 21.1 Å². The van der Waals surface area contributed by atoms with Crippen molar-refractivity contribution in [1.29, 1.82) is 0 Å². The molecular formula is C17H28N3O3+. The standard InChI is InChI=1S/C17H27N3O3/c1-11(2)9-15(19-4)17(22)20-13-5-6-16(23-8-7-18)14(10-13)12(3)21/h5-6,10-11,15,19H,7-9,18H2,1-4H3,(H,20,22)/p+1/t15-/m0/s1. The lowest BCUT2D eigenvalue weighted by atomic mass is 10.0. The third-order valence-corrected chi connectivity index (χ3v) is 3.40. The highest BCUT2D eigenvalue weighted by Crippen LogP contribution is 2.23. The molecule has 0 bridgehead atoms. The Morgan fingerprint density at radius 2 is 2.00 bits per heavy atom.